The molecule has 14 heteroatoms. The quantitative estimate of drug-likeness (QED) is 0.0856. The monoisotopic (exact) mass is 670 g/mol. The van der Waals surface area contributed by atoms with Gasteiger partial charge in [0.05, 0.1) is 46.1 Å². The fraction of sp³-hybridized carbons (Fsp3) is 0.379. The van der Waals surface area contributed by atoms with E-state index in [2.05, 4.69) is 5.32 Å². The molecule has 0 spiro atoms. The van der Waals surface area contributed by atoms with Gasteiger partial charge in [-0.25, -0.2) is 4.79 Å². The number of carboxylic acid groups (broad SMARTS) is 1. The number of benzene rings is 2. The highest BCUT2D eigenvalue weighted by Crippen LogP contribution is 2.40. The Kier molecular flexibility index (Phi) is 13.9. The first-order valence-corrected chi connectivity index (χ1v) is 15.3. The number of thioether (sulfide) groups is 2. The lowest BCUT2D eigenvalue weighted by Gasteiger charge is -2.49. The molecule has 43 heavy (non-hydrogen) atoms. The average Bonchev–Trinajstić information content (AvgIpc) is 2.96. The zero-order valence-electron chi connectivity index (χ0n) is 23.9. The number of β-lactam (4-membered cyclic amide) rings is 1. The van der Waals surface area contributed by atoms with Crippen LogP contribution in [0.5, 0.6) is 0 Å². The zero-order chi connectivity index (χ0) is 29.6. The van der Waals surface area contributed by atoms with Gasteiger partial charge in [0.25, 0.3) is 5.91 Å². The number of halogens is 2. The van der Waals surface area contributed by atoms with Gasteiger partial charge in [0.15, 0.2) is 0 Å². The van der Waals surface area contributed by atoms with Gasteiger partial charge in [0.2, 0.25) is 5.91 Å². The second-order valence-electron chi connectivity index (χ2n) is 10.5. The molecular weight excluding hydrogens is 635 g/mol. The number of nitrogens with two attached hydrogens (primary N) is 1. The van der Waals surface area contributed by atoms with E-state index in [1.165, 1.54) is 28.4 Å². The van der Waals surface area contributed by atoms with Crippen LogP contribution in [0.3, 0.4) is 0 Å². The van der Waals surface area contributed by atoms with Crippen molar-refractivity contribution in [3.8, 4) is 0 Å². The molecule has 2 aliphatic rings. The second-order valence-corrected chi connectivity index (χ2v) is 12.6. The number of fused-ring (bicyclic) bond motifs is 2. The Morgan fingerprint density at radius 2 is 1.93 bits per heavy atom. The van der Waals surface area contributed by atoms with E-state index in [-0.39, 0.29) is 48.7 Å². The molecule has 0 aromatic heterocycles. The molecule has 2 atom stereocenters. The molecule has 1 saturated heterocycles. The normalized spacial score (nSPS) is 17.9. The molecule has 234 valence electrons. The summed E-state index contributed by atoms with van der Waals surface area (Å²) in [4.78, 5) is 51.2. The molecule has 4 rings (SSSR count). The molecule has 2 aliphatic heterocycles. The summed E-state index contributed by atoms with van der Waals surface area (Å²) < 4.78 is 5.62. The zero-order valence-corrected chi connectivity index (χ0v) is 27.1. The summed E-state index contributed by atoms with van der Waals surface area (Å²) in [6, 6.07) is 13.2. The first-order chi connectivity index (χ1) is 19.6. The average molecular weight is 672 g/mol. The first-order valence-electron chi connectivity index (χ1n) is 13.3. The lowest BCUT2D eigenvalue weighted by atomic mass is 10.0. The van der Waals surface area contributed by atoms with Gasteiger partial charge in [-0.05, 0) is 34.6 Å². The van der Waals surface area contributed by atoms with Gasteiger partial charge >= 0.3 is 11.9 Å². The van der Waals surface area contributed by atoms with Crippen molar-refractivity contribution in [3.05, 3.63) is 65.9 Å². The number of likely N-dealkylation sites (N-methyl/N-ethyl adjacent to an activating group) is 1. The summed E-state index contributed by atoms with van der Waals surface area (Å²) in [5.74, 6) is -1.73. The molecule has 0 saturated carbocycles. The second kappa shape index (κ2) is 16.4. The van der Waals surface area contributed by atoms with Crippen LogP contribution in [-0.2, 0) is 23.9 Å². The summed E-state index contributed by atoms with van der Waals surface area (Å²) in [6.07, 6.45) is 4.34. The fourth-order valence-corrected chi connectivity index (χ4v) is 6.78. The third-order valence-electron chi connectivity index (χ3n) is 6.86. The molecule has 0 unspecified atom stereocenters. The number of hydrogen-bond acceptors (Lipinski definition) is 8. The van der Waals surface area contributed by atoms with Crippen LogP contribution in [-0.4, -0.2) is 102 Å². The Balaban J connectivity index is 0.00000323. The van der Waals surface area contributed by atoms with Crippen molar-refractivity contribution in [1.82, 2.24) is 10.2 Å². The lowest BCUT2D eigenvalue weighted by molar-refractivity contribution is -0.884. The molecule has 4 N–H and O–H groups in total. The largest absolute Gasteiger partial charge is 1.00 e. The number of carboxylic acids is 1. The van der Waals surface area contributed by atoms with Crippen molar-refractivity contribution in [2.45, 2.75) is 22.7 Å². The summed E-state index contributed by atoms with van der Waals surface area (Å²) >= 11 is 2.83. The van der Waals surface area contributed by atoms with Crippen molar-refractivity contribution >= 4 is 70.5 Å². The smallest absolute Gasteiger partial charge is 0.352 e. The number of nitrogens with one attached hydrogen (secondary N) is 1. The maximum atomic E-state index is 13.0. The highest BCUT2D eigenvalue weighted by atomic mass is 35.5. The van der Waals surface area contributed by atoms with Crippen molar-refractivity contribution < 1.29 is 45.9 Å². The molecule has 0 bridgehead atoms. The summed E-state index contributed by atoms with van der Waals surface area (Å²) in [5.41, 5.74) is 5.76. The summed E-state index contributed by atoms with van der Waals surface area (Å²) in [5, 5.41) is 14.5. The number of carbonyl (C=O) groups is 4. The van der Waals surface area contributed by atoms with E-state index in [9.17, 15) is 24.3 Å². The molecule has 2 aromatic carbocycles. The summed E-state index contributed by atoms with van der Waals surface area (Å²) in [7, 11) is 4.05. The molecule has 0 radical (unpaired) electrons. The van der Waals surface area contributed by atoms with Crippen LogP contribution in [0.1, 0.15) is 6.42 Å². The van der Waals surface area contributed by atoms with Crippen LogP contribution in [0.25, 0.3) is 10.8 Å². The fourth-order valence-electron chi connectivity index (χ4n) is 4.70. The number of nitrogens with zero attached hydrogens (tertiary/aromatic N) is 2. The number of rotatable bonds is 13. The van der Waals surface area contributed by atoms with Crippen LogP contribution in [0.15, 0.2) is 70.8 Å². The number of quaternary nitrogens is 1. The Morgan fingerprint density at radius 1 is 1.21 bits per heavy atom. The van der Waals surface area contributed by atoms with Crippen LogP contribution < -0.4 is 23.5 Å². The van der Waals surface area contributed by atoms with Gasteiger partial charge in [-0.3, -0.25) is 19.3 Å². The number of allylic oxidation sites excluding steroid dienone is 1. The molecule has 2 amide bonds. The number of esters is 1. The van der Waals surface area contributed by atoms with Crippen LogP contribution in [0, 0.1) is 0 Å². The number of ether oxygens (including phenoxy) is 1. The number of hydrogen-bond donors (Lipinski definition) is 3. The number of carbonyl (C=O) groups excluding carboxylic acids is 3. The minimum Gasteiger partial charge on any atom is -1.00 e. The van der Waals surface area contributed by atoms with E-state index in [4.69, 9.17) is 10.5 Å². The van der Waals surface area contributed by atoms with Crippen LogP contribution >= 0.6 is 35.9 Å². The van der Waals surface area contributed by atoms with Crippen LogP contribution in [0.2, 0.25) is 0 Å². The minimum atomic E-state index is -1.17. The van der Waals surface area contributed by atoms with E-state index in [0.29, 0.717) is 35.4 Å². The number of amides is 2. The highest BCUT2D eigenvalue weighted by Gasteiger charge is 2.53. The molecule has 0 aliphatic carbocycles. The Morgan fingerprint density at radius 3 is 2.63 bits per heavy atom. The summed E-state index contributed by atoms with van der Waals surface area (Å²) in [6.45, 7) is 1.52. The molecule has 10 nitrogen and oxygen atoms in total. The minimum absolute atomic E-state index is 0. The lowest BCUT2D eigenvalue weighted by Crippen LogP contribution is -3.00. The van der Waals surface area contributed by atoms with E-state index in [0.717, 1.165) is 22.2 Å². The van der Waals surface area contributed by atoms with Crippen molar-refractivity contribution in [3.63, 3.8) is 0 Å². The predicted octanol–water partition coefficient (Wildman–Crippen LogP) is -0.379. The maximum Gasteiger partial charge on any atom is 0.352 e. The molecule has 2 aromatic rings. The van der Waals surface area contributed by atoms with E-state index in [1.54, 1.807) is 6.08 Å². The van der Waals surface area contributed by atoms with Crippen LogP contribution in [0.4, 0.5) is 0 Å². The number of aliphatic carboxylic acids is 1. The molecule has 2 heterocycles. The van der Waals surface area contributed by atoms with Gasteiger partial charge in [-0.2, -0.15) is 0 Å². The topological polar surface area (TPSA) is 139 Å². The van der Waals surface area contributed by atoms with Gasteiger partial charge in [0.1, 0.15) is 17.1 Å². The third kappa shape index (κ3) is 9.37. The maximum absolute atomic E-state index is 13.0. The van der Waals surface area contributed by atoms with Crippen molar-refractivity contribution in [1.29, 1.82) is 0 Å². The van der Waals surface area contributed by atoms with E-state index in [1.807, 2.05) is 62.6 Å². The van der Waals surface area contributed by atoms with Gasteiger partial charge < -0.3 is 37.8 Å². The van der Waals surface area contributed by atoms with E-state index < -0.39 is 29.3 Å². The Bertz CT molecular complexity index is 1400. The van der Waals surface area contributed by atoms with E-state index >= 15 is 0 Å². The third-order valence-corrected chi connectivity index (χ3v) is 9.16. The highest BCUT2D eigenvalue weighted by molar-refractivity contribution is 8.00. The van der Waals surface area contributed by atoms with Gasteiger partial charge in [0, 0.05) is 17.1 Å². The molecular formula is C29H36Cl2N4O6S2. The van der Waals surface area contributed by atoms with Gasteiger partial charge in [-0.15, -0.1) is 35.9 Å². The Labute approximate surface area is 271 Å². The van der Waals surface area contributed by atoms with Crippen molar-refractivity contribution in [2.24, 2.45) is 5.73 Å². The van der Waals surface area contributed by atoms with Gasteiger partial charge in [-0.1, -0.05) is 36.4 Å². The Hall–Kier alpha value is -2.74. The first kappa shape index (κ1) is 36.5. The predicted molar refractivity (Wildman–Crippen MR) is 167 cm³/mol. The standard InChI is InChI=1S/C29H34N4O6S2.2ClH/c1-33(2,13-6-14-39-24(35)16-30)12-5-9-21-17-41-28-25(27(36)32(28)26(21)29(37)38)31-23(34)18-40-22-11-10-19-7-3-4-8-20(19)15-22;;/h3-5,7-11,15,25,28H,6,12-14,16-18,30H2,1-2H3,(H-,31,34,37,38);2*1H/t25-,28-;;/m1../s1. The molecule has 1 fully saturated rings. The van der Waals surface area contributed by atoms with Crippen molar-refractivity contribution in [2.75, 3.05) is 51.8 Å². The SMILES string of the molecule is C[N+](C)(CC=CC1=C(C(=O)O)N2C(=O)[C@@H](NC(=O)CSc3ccc4ccccc4c3)[C@H]2SC1)CCCOC(=O)CN.Cl.[Cl-].